The van der Waals surface area contributed by atoms with Gasteiger partial charge in [-0.05, 0) is 36.8 Å². The Labute approximate surface area is 124 Å². The average molecular weight is 279 g/mol. The molecule has 3 rings (SSSR count). The lowest BCUT2D eigenvalue weighted by molar-refractivity contribution is 0.474. The van der Waals surface area contributed by atoms with E-state index in [1.807, 2.05) is 29.3 Å². The summed E-state index contributed by atoms with van der Waals surface area (Å²) in [6, 6.07) is 15.4. The van der Waals surface area contributed by atoms with Crippen molar-refractivity contribution in [3.63, 3.8) is 0 Å². The van der Waals surface area contributed by atoms with Crippen molar-refractivity contribution in [3.8, 4) is 5.75 Å². The van der Waals surface area contributed by atoms with Crippen LogP contribution in [0, 0.1) is 6.92 Å². The van der Waals surface area contributed by atoms with Crippen LogP contribution in [0.25, 0.3) is 0 Å². The molecule has 0 aromatic heterocycles. The van der Waals surface area contributed by atoms with Crippen molar-refractivity contribution < 1.29 is 5.11 Å². The molecular formula is C17H17N3O. The molecule has 2 aromatic rings. The normalized spacial score (nSPS) is 14.7. The van der Waals surface area contributed by atoms with Gasteiger partial charge in [-0.1, -0.05) is 24.3 Å². The fourth-order valence-electron chi connectivity index (χ4n) is 2.25. The second-order valence-corrected chi connectivity index (χ2v) is 5.05. The maximum atomic E-state index is 9.70. The second kappa shape index (κ2) is 5.79. The smallest absolute Gasteiger partial charge is 0.150 e. The van der Waals surface area contributed by atoms with Gasteiger partial charge in [0.25, 0.3) is 0 Å². The quantitative estimate of drug-likeness (QED) is 0.857. The van der Waals surface area contributed by atoms with Crippen LogP contribution in [-0.4, -0.2) is 23.7 Å². The average Bonchev–Trinajstić information content (AvgIpc) is 2.95. The van der Waals surface area contributed by atoms with Crippen molar-refractivity contribution >= 4 is 17.7 Å². The lowest BCUT2D eigenvalue weighted by Gasteiger charge is -2.13. The van der Waals surface area contributed by atoms with Gasteiger partial charge in [0.05, 0.1) is 5.69 Å². The summed E-state index contributed by atoms with van der Waals surface area (Å²) < 4.78 is 0. The molecule has 0 bridgehead atoms. The Bertz CT molecular complexity index is 707. The maximum absolute atomic E-state index is 9.70. The summed E-state index contributed by atoms with van der Waals surface area (Å²) in [5.41, 5.74) is 3.01. The summed E-state index contributed by atoms with van der Waals surface area (Å²) in [5.74, 6) is 1.01. The summed E-state index contributed by atoms with van der Waals surface area (Å²) in [6.07, 6.45) is 2.46. The second-order valence-electron chi connectivity index (χ2n) is 5.05. The zero-order chi connectivity index (χ0) is 14.7. The molecule has 0 fully saturated rings. The molecule has 21 heavy (non-hydrogen) atoms. The molecule has 0 atom stereocenters. The van der Waals surface area contributed by atoms with Gasteiger partial charge in [-0.2, -0.15) is 5.10 Å². The third-order valence-electron chi connectivity index (χ3n) is 3.37. The van der Waals surface area contributed by atoms with Crippen molar-refractivity contribution in [1.82, 2.24) is 0 Å². The van der Waals surface area contributed by atoms with Crippen LogP contribution < -0.4 is 5.01 Å². The molecule has 0 saturated carbocycles. The van der Waals surface area contributed by atoms with Gasteiger partial charge in [0.1, 0.15) is 5.75 Å². The van der Waals surface area contributed by atoms with Crippen LogP contribution in [0.4, 0.5) is 5.69 Å². The van der Waals surface area contributed by atoms with E-state index in [4.69, 9.17) is 0 Å². The van der Waals surface area contributed by atoms with Crippen LogP contribution >= 0.6 is 0 Å². The number of phenolic OH excluding ortho intramolecular Hbond substituents is 1. The number of hydrogen-bond donors (Lipinski definition) is 1. The largest absolute Gasteiger partial charge is 0.507 e. The SMILES string of the molecule is Cc1cccc(N2CCC(N=Cc3ccccc3O)=N2)c1. The predicted molar refractivity (Wildman–Crippen MR) is 86.3 cm³/mol. The Hall–Kier alpha value is -2.62. The summed E-state index contributed by atoms with van der Waals surface area (Å²) in [7, 11) is 0. The number of aromatic hydroxyl groups is 1. The lowest BCUT2D eigenvalue weighted by atomic mass is 10.2. The first-order valence-corrected chi connectivity index (χ1v) is 6.96. The number of anilines is 1. The first-order chi connectivity index (χ1) is 10.2. The number of amidine groups is 1. The van der Waals surface area contributed by atoms with Crippen LogP contribution in [0.5, 0.6) is 5.75 Å². The van der Waals surface area contributed by atoms with E-state index in [0.29, 0.717) is 5.56 Å². The van der Waals surface area contributed by atoms with Crippen molar-refractivity contribution in [3.05, 3.63) is 59.7 Å². The Balaban J connectivity index is 1.76. The fourth-order valence-corrected chi connectivity index (χ4v) is 2.25. The molecule has 1 aliphatic heterocycles. The number of aryl methyl sites for hydroxylation is 1. The molecular weight excluding hydrogens is 262 g/mol. The van der Waals surface area contributed by atoms with Gasteiger partial charge in [-0.25, -0.2) is 4.99 Å². The molecule has 4 heteroatoms. The number of rotatable bonds is 2. The molecule has 0 radical (unpaired) electrons. The highest BCUT2D eigenvalue weighted by Gasteiger charge is 2.15. The van der Waals surface area contributed by atoms with Gasteiger partial charge in [-0.3, -0.25) is 5.01 Å². The highest BCUT2D eigenvalue weighted by molar-refractivity contribution is 5.97. The van der Waals surface area contributed by atoms with E-state index in [1.54, 1.807) is 18.3 Å². The first kappa shape index (κ1) is 13.4. The zero-order valence-electron chi connectivity index (χ0n) is 11.9. The van der Waals surface area contributed by atoms with Crippen molar-refractivity contribution in [2.45, 2.75) is 13.3 Å². The van der Waals surface area contributed by atoms with Crippen molar-refractivity contribution in [2.24, 2.45) is 10.1 Å². The Morgan fingerprint density at radius 2 is 2.05 bits per heavy atom. The van der Waals surface area contributed by atoms with Crippen LogP contribution in [-0.2, 0) is 0 Å². The van der Waals surface area contributed by atoms with Gasteiger partial charge >= 0.3 is 0 Å². The minimum absolute atomic E-state index is 0.232. The van der Waals surface area contributed by atoms with E-state index >= 15 is 0 Å². The number of nitrogens with zero attached hydrogens (tertiary/aromatic N) is 3. The molecule has 1 heterocycles. The van der Waals surface area contributed by atoms with Gasteiger partial charge in [0.15, 0.2) is 5.84 Å². The summed E-state index contributed by atoms with van der Waals surface area (Å²) in [6.45, 7) is 2.90. The van der Waals surface area contributed by atoms with Crippen molar-refractivity contribution in [1.29, 1.82) is 0 Å². The molecule has 0 unspecified atom stereocenters. The Kier molecular flexibility index (Phi) is 3.69. The molecule has 2 aromatic carbocycles. The number of hydrogen-bond acceptors (Lipinski definition) is 4. The number of para-hydroxylation sites is 1. The topological polar surface area (TPSA) is 48.2 Å². The monoisotopic (exact) mass is 279 g/mol. The summed E-state index contributed by atoms with van der Waals surface area (Å²) in [4.78, 5) is 4.38. The molecule has 106 valence electrons. The first-order valence-electron chi connectivity index (χ1n) is 6.96. The van der Waals surface area contributed by atoms with Crippen LogP contribution in [0.3, 0.4) is 0 Å². The van der Waals surface area contributed by atoms with E-state index in [0.717, 1.165) is 24.5 Å². The number of phenols is 1. The van der Waals surface area contributed by atoms with E-state index < -0.39 is 0 Å². The van der Waals surface area contributed by atoms with Crippen LogP contribution in [0.2, 0.25) is 0 Å². The highest BCUT2D eigenvalue weighted by Crippen LogP contribution is 2.21. The molecule has 1 N–H and O–H groups in total. The van der Waals surface area contributed by atoms with Crippen LogP contribution in [0.1, 0.15) is 17.5 Å². The predicted octanol–water partition coefficient (Wildman–Crippen LogP) is 3.34. The number of aliphatic imine (C=N–C) groups is 1. The number of hydrazone groups is 1. The lowest BCUT2D eigenvalue weighted by Crippen LogP contribution is -2.11. The standard InChI is InChI=1S/C17H17N3O/c1-13-5-4-7-15(11-13)20-10-9-17(19-20)18-12-14-6-2-3-8-16(14)21/h2-8,11-12,21H,9-10H2,1H3. The molecule has 0 saturated heterocycles. The van der Waals surface area contributed by atoms with Gasteiger partial charge < -0.3 is 5.11 Å². The van der Waals surface area contributed by atoms with Gasteiger partial charge in [0.2, 0.25) is 0 Å². The van der Waals surface area contributed by atoms with E-state index in [1.165, 1.54) is 5.56 Å². The van der Waals surface area contributed by atoms with E-state index in [-0.39, 0.29) is 5.75 Å². The molecule has 0 spiro atoms. The highest BCUT2D eigenvalue weighted by atomic mass is 16.3. The zero-order valence-corrected chi connectivity index (χ0v) is 11.9. The summed E-state index contributed by atoms with van der Waals surface area (Å²) in [5, 5.41) is 16.2. The van der Waals surface area contributed by atoms with E-state index in [9.17, 15) is 5.11 Å². The maximum Gasteiger partial charge on any atom is 0.150 e. The molecule has 0 aliphatic carbocycles. The van der Waals surface area contributed by atoms with Gasteiger partial charge in [0, 0.05) is 24.7 Å². The molecule has 1 aliphatic rings. The Morgan fingerprint density at radius 3 is 2.86 bits per heavy atom. The third kappa shape index (κ3) is 3.11. The van der Waals surface area contributed by atoms with Crippen molar-refractivity contribution in [2.75, 3.05) is 11.6 Å². The van der Waals surface area contributed by atoms with Gasteiger partial charge in [-0.15, -0.1) is 0 Å². The molecule has 0 amide bonds. The molecule has 4 nitrogen and oxygen atoms in total. The minimum Gasteiger partial charge on any atom is -0.507 e. The summed E-state index contributed by atoms with van der Waals surface area (Å²) >= 11 is 0. The fraction of sp³-hybridized carbons (Fsp3) is 0.176. The minimum atomic E-state index is 0.232. The van der Waals surface area contributed by atoms with E-state index in [2.05, 4.69) is 29.2 Å². The van der Waals surface area contributed by atoms with Crippen LogP contribution in [0.15, 0.2) is 58.6 Å². The number of benzene rings is 2. The third-order valence-corrected chi connectivity index (χ3v) is 3.37. The Morgan fingerprint density at radius 1 is 1.19 bits per heavy atom.